The van der Waals surface area contributed by atoms with Gasteiger partial charge in [0, 0.05) is 12.8 Å². The monoisotopic (exact) mass is 135 g/mol. The largest absolute Gasteiger partial charge is 0.391 e. The number of hydrogen-bond donors (Lipinski definition) is 2. The molecule has 48 valence electrons. The van der Waals surface area contributed by atoms with E-state index < -0.39 is 11.2 Å². The molecule has 0 bridgehead atoms. The van der Waals surface area contributed by atoms with E-state index in [-0.39, 0.29) is 11.9 Å². The first-order chi connectivity index (χ1) is 3.84. The Morgan fingerprint density at radius 3 is 2.62 bits per heavy atom. The quantitative estimate of drug-likeness (QED) is 0.505. The van der Waals surface area contributed by atoms with E-state index in [9.17, 15) is 0 Å². The van der Waals surface area contributed by atoms with Crippen molar-refractivity contribution in [3.63, 3.8) is 0 Å². The van der Waals surface area contributed by atoms with Crippen molar-refractivity contribution in [1.82, 2.24) is 0 Å². The second kappa shape index (κ2) is 2.71. The van der Waals surface area contributed by atoms with Crippen LogP contribution >= 0.6 is 0 Å². The van der Waals surface area contributed by atoms with Crippen LogP contribution < -0.4 is 0 Å². The van der Waals surface area contributed by atoms with Crippen molar-refractivity contribution in [3.05, 3.63) is 0 Å². The fraction of sp³-hybridized carbons (Fsp3) is 1.00. The summed E-state index contributed by atoms with van der Waals surface area (Å²) in [6.07, 6.45) is 2.10. The summed E-state index contributed by atoms with van der Waals surface area (Å²) in [5, 5.41) is 8.79. The first kappa shape index (κ1) is 6.39. The highest BCUT2D eigenvalue weighted by atomic mass is 32.2. The molecule has 0 spiro atoms. The number of aliphatic hydroxyl groups excluding tert-OH is 1. The summed E-state index contributed by atoms with van der Waals surface area (Å²) in [5.41, 5.74) is 0. The Hall–Kier alpha value is 0.270. The first-order valence-corrected chi connectivity index (χ1v) is 4.25. The van der Waals surface area contributed by atoms with Gasteiger partial charge in [-0.15, -0.1) is 0 Å². The molecule has 3 heteroatoms. The third-order valence-corrected chi connectivity index (χ3v) is 3.33. The predicted octanol–water partition coefficient (Wildman–Crippen LogP) is 0.232. The van der Waals surface area contributed by atoms with Crippen LogP contribution in [0.15, 0.2) is 0 Å². The van der Waals surface area contributed by atoms with Crippen molar-refractivity contribution >= 4 is 11.2 Å². The van der Waals surface area contributed by atoms with Crippen molar-refractivity contribution in [3.8, 4) is 0 Å². The van der Waals surface area contributed by atoms with Crippen molar-refractivity contribution in [2.75, 3.05) is 12.4 Å². The van der Waals surface area contributed by atoms with E-state index in [4.69, 9.17) is 9.66 Å². The van der Waals surface area contributed by atoms with Crippen LogP contribution in [0.25, 0.3) is 0 Å². The van der Waals surface area contributed by atoms with Gasteiger partial charge in [-0.2, -0.15) is 4.55 Å². The summed E-state index contributed by atoms with van der Waals surface area (Å²) < 4.78 is 9.06. The summed E-state index contributed by atoms with van der Waals surface area (Å²) >= 11 is -0.461. The van der Waals surface area contributed by atoms with Crippen molar-refractivity contribution in [2.45, 2.75) is 18.1 Å². The normalized spacial score (nSPS) is 38.2. The lowest BCUT2D eigenvalue weighted by Crippen LogP contribution is -2.19. The van der Waals surface area contributed by atoms with E-state index in [0.29, 0.717) is 0 Å². The smallest absolute Gasteiger partial charge is 0.173 e. The Balaban J connectivity index is 2.30. The van der Waals surface area contributed by atoms with Crippen LogP contribution in [-0.2, 0) is 11.2 Å². The summed E-state index contributed by atoms with van der Waals surface area (Å²) in [4.78, 5) is 0. The van der Waals surface area contributed by atoms with Gasteiger partial charge in [0.05, 0.1) is 6.61 Å². The van der Waals surface area contributed by atoms with Gasteiger partial charge in [-0.05, 0) is 0 Å². The van der Waals surface area contributed by atoms with E-state index in [2.05, 4.69) is 0 Å². The minimum absolute atomic E-state index is 0.166. The molecule has 8 heavy (non-hydrogen) atoms. The predicted molar refractivity (Wildman–Crippen MR) is 35.0 cm³/mol. The van der Waals surface area contributed by atoms with Gasteiger partial charge >= 0.3 is 0 Å². The summed E-state index contributed by atoms with van der Waals surface area (Å²) in [6.45, 7) is 0.166. The Morgan fingerprint density at radius 1 is 1.62 bits per heavy atom. The van der Waals surface area contributed by atoms with E-state index in [1.165, 1.54) is 0 Å². The molecule has 0 aromatic rings. The van der Waals surface area contributed by atoms with Gasteiger partial charge in [0.25, 0.3) is 0 Å². The molecule has 0 aromatic carbocycles. The van der Waals surface area contributed by atoms with Gasteiger partial charge in [-0.3, -0.25) is 0 Å². The molecule has 1 heterocycles. The lowest BCUT2D eigenvalue weighted by molar-refractivity contribution is 0.289. The van der Waals surface area contributed by atoms with Crippen LogP contribution in [0.2, 0.25) is 0 Å². The molecule has 2 atom stereocenters. The Labute approximate surface area is 52.1 Å². The third-order valence-electron chi connectivity index (χ3n) is 1.47. The molecular weight excluding hydrogens is 124 g/mol. The fourth-order valence-corrected chi connectivity index (χ4v) is 2.35. The lowest BCUT2D eigenvalue weighted by Gasteiger charge is -1.97. The van der Waals surface area contributed by atoms with E-state index >= 15 is 0 Å². The van der Waals surface area contributed by atoms with E-state index in [1.54, 1.807) is 0 Å². The molecule has 2 unspecified atom stereocenters. The van der Waals surface area contributed by atoms with Crippen molar-refractivity contribution in [2.24, 2.45) is 0 Å². The van der Waals surface area contributed by atoms with Crippen LogP contribution in [0.1, 0.15) is 12.8 Å². The van der Waals surface area contributed by atoms with Gasteiger partial charge in [0.15, 0.2) is 5.25 Å². The van der Waals surface area contributed by atoms with Gasteiger partial charge < -0.3 is 5.11 Å². The van der Waals surface area contributed by atoms with Crippen LogP contribution in [0.5, 0.6) is 0 Å². The van der Waals surface area contributed by atoms with E-state index in [0.717, 1.165) is 18.6 Å². The minimum atomic E-state index is -0.461. The molecule has 0 aliphatic carbocycles. The zero-order chi connectivity index (χ0) is 5.98. The van der Waals surface area contributed by atoms with Crippen molar-refractivity contribution < 1.29 is 9.66 Å². The zero-order valence-corrected chi connectivity index (χ0v) is 5.52. The molecule has 1 rings (SSSR count). The fourth-order valence-electron chi connectivity index (χ4n) is 0.939. The van der Waals surface area contributed by atoms with Gasteiger partial charge in [0.1, 0.15) is 16.9 Å². The van der Waals surface area contributed by atoms with Gasteiger partial charge in [-0.25, -0.2) is 0 Å². The molecule has 0 radical (unpaired) electrons. The maximum atomic E-state index is 9.06. The highest BCUT2D eigenvalue weighted by molar-refractivity contribution is 7.92. The average Bonchev–Trinajstić information content (AvgIpc) is 2.14. The standard InChI is InChI=1S/C5H11O2S/c6-4-5-2-1-3-8(5)7/h5-7H,1-4H2/q+1. The maximum Gasteiger partial charge on any atom is 0.173 e. The van der Waals surface area contributed by atoms with Crippen LogP contribution in [-0.4, -0.2) is 27.3 Å². The number of aliphatic hydroxyl groups is 1. The van der Waals surface area contributed by atoms with E-state index in [1.807, 2.05) is 0 Å². The summed E-state index contributed by atoms with van der Waals surface area (Å²) in [5.74, 6) is 0.908. The molecule has 0 amide bonds. The van der Waals surface area contributed by atoms with Crippen molar-refractivity contribution in [1.29, 1.82) is 0 Å². The summed E-state index contributed by atoms with van der Waals surface area (Å²) in [7, 11) is 0. The second-order valence-electron chi connectivity index (χ2n) is 2.05. The SMILES string of the molecule is OCC1CCC[S+]1O. The first-order valence-electron chi connectivity index (χ1n) is 2.84. The molecule has 2 nitrogen and oxygen atoms in total. The minimum Gasteiger partial charge on any atom is -0.391 e. The van der Waals surface area contributed by atoms with Gasteiger partial charge in [-0.1, -0.05) is 0 Å². The molecule has 1 fully saturated rings. The molecule has 2 N–H and O–H groups in total. The maximum absolute atomic E-state index is 9.06. The Bertz CT molecular complexity index is 76.8. The second-order valence-corrected chi connectivity index (χ2v) is 3.93. The molecule has 1 saturated heterocycles. The Kier molecular flexibility index (Phi) is 2.16. The van der Waals surface area contributed by atoms with Crippen LogP contribution in [0.4, 0.5) is 0 Å². The lowest BCUT2D eigenvalue weighted by atomic mass is 10.3. The number of hydrogen-bond acceptors (Lipinski definition) is 2. The highest BCUT2D eigenvalue weighted by Crippen LogP contribution is 2.18. The Morgan fingerprint density at radius 2 is 2.38 bits per heavy atom. The molecule has 0 aromatic heterocycles. The molecule has 1 aliphatic heterocycles. The summed E-state index contributed by atoms with van der Waals surface area (Å²) in [6, 6.07) is 0. The molecular formula is C5H11O2S+. The number of rotatable bonds is 1. The highest BCUT2D eigenvalue weighted by Gasteiger charge is 2.34. The molecule has 1 aliphatic rings. The van der Waals surface area contributed by atoms with Crippen LogP contribution in [0.3, 0.4) is 0 Å². The van der Waals surface area contributed by atoms with Crippen LogP contribution in [0, 0.1) is 0 Å². The zero-order valence-electron chi connectivity index (χ0n) is 4.71. The van der Waals surface area contributed by atoms with Gasteiger partial charge in [0.2, 0.25) is 0 Å². The average molecular weight is 135 g/mol. The topological polar surface area (TPSA) is 40.5 Å². The third kappa shape index (κ3) is 1.16. The molecule has 0 saturated carbocycles.